The zero-order chi connectivity index (χ0) is 11.6. The SMILES string of the molecule is CCC1CCC(O)(C2CC(C)CCN2)CC1. The molecule has 2 N–H and O–H groups in total. The zero-order valence-corrected chi connectivity index (χ0v) is 10.8. The molecular formula is C14H27NO. The Morgan fingerprint density at radius 1 is 1.25 bits per heavy atom. The van der Waals surface area contributed by atoms with E-state index in [9.17, 15) is 5.11 Å². The third kappa shape index (κ3) is 2.60. The minimum atomic E-state index is -0.402. The van der Waals surface area contributed by atoms with Crippen LogP contribution in [0.5, 0.6) is 0 Å². The van der Waals surface area contributed by atoms with E-state index in [2.05, 4.69) is 19.2 Å². The molecule has 16 heavy (non-hydrogen) atoms. The van der Waals surface area contributed by atoms with Crippen LogP contribution in [0.1, 0.15) is 58.8 Å². The van der Waals surface area contributed by atoms with Gasteiger partial charge in [-0.25, -0.2) is 0 Å². The molecule has 0 aromatic heterocycles. The predicted octanol–water partition coefficient (Wildman–Crippen LogP) is 2.71. The van der Waals surface area contributed by atoms with Gasteiger partial charge in [0.15, 0.2) is 0 Å². The van der Waals surface area contributed by atoms with E-state index in [4.69, 9.17) is 0 Å². The van der Waals surface area contributed by atoms with Gasteiger partial charge < -0.3 is 10.4 Å². The van der Waals surface area contributed by atoms with Crippen LogP contribution in [-0.4, -0.2) is 23.3 Å². The summed E-state index contributed by atoms with van der Waals surface area (Å²) in [7, 11) is 0. The Bertz CT molecular complexity index is 221. The van der Waals surface area contributed by atoms with E-state index in [0.29, 0.717) is 6.04 Å². The Balaban J connectivity index is 1.92. The molecule has 0 spiro atoms. The molecule has 1 aliphatic carbocycles. The van der Waals surface area contributed by atoms with E-state index >= 15 is 0 Å². The summed E-state index contributed by atoms with van der Waals surface area (Å²) in [6.45, 7) is 5.68. The highest BCUT2D eigenvalue weighted by atomic mass is 16.3. The summed E-state index contributed by atoms with van der Waals surface area (Å²) < 4.78 is 0. The fourth-order valence-corrected chi connectivity index (χ4v) is 3.45. The fourth-order valence-electron chi connectivity index (χ4n) is 3.45. The second-order valence-corrected chi connectivity index (χ2v) is 6.09. The Kier molecular flexibility index (Phi) is 3.91. The van der Waals surface area contributed by atoms with Crippen molar-refractivity contribution in [2.24, 2.45) is 11.8 Å². The van der Waals surface area contributed by atoms with E-state index in [1.54, 1.807) is 0 Å². The van der Waals surface area contributed by atoms with Gasteiger partial charge in [-0.1, -0.05) is 20.3 Å². The van der Waals surface area contributed by atoms with E-state index in [-0.39, 0.29) is 0 Å². The van der Waals surface area contributed by atoms with Gasteiger partial charge in [-0.3, -0.25) is 0 Å². The molecule has 2 heteroatoms. The third-order valence-electron chi connectivity index (χ3n) is 4.86. The van der Waals surface area contributed by atoms with E-state index in [1.807, 2.05) is 0 Å². The number of aliphatic hydroxyl groups is 1. The molecule has 2 rings (SSSR count). The molecule has 1 saturated carbocycles. The molecule has 0 amide bonds. The van der Waals surface area contributed by atoms with Gasteiger partial charge in [0, 0.05) is 6.04 Å². The first kappa shape index (κ1) is 12.4. The fraction of sp³-hybridized carbons (Fsp3) is 1.00. The lowest BCUT2D eigenvalue weighted by molar-refractivity contribution is -0.0527. The molecule has 2 atom stereocenters. The first-order valence-corrected chi connectivity index (χ1v) is 7.10. The van der Waals surface area contributed by atoms with E-state index < -0.39 is 5.60 Å². The quantitative estimate of drug-likeness (QED) is 0.757. The Hall–Kier alpha value is -0.0800. The van der Waals surface area contributed by atoms with E-state index in [0.717, 1.165) is 37.6 Å². The Morgan fingerprint density at radius 3 is 2.50 bits per heavy atom. The van der Waals surface area contributed by atoms with Gasteiger partial charge in [0.05, 0.1) is 5.60 Å². The zero-order valence-electron chi connectivity index (χ0n) is 10.8. The predicted molar refractivity (Wildman–Crippen MR) is 67.4 cm³/mol. The molecule has 2 aliphatic rings. The lowest BCUT2D eigenvalue weighted by Crippen LogP contribution is -2.55. The van der Waals surface area contributed by atoms with Crippen molar-refractivity contribution in [1.29, 1.82) is 0 Å². The number of piperidine rings is 1. The van der Waals surface area contributed by atoms with Crippen LogP contribution in [0.15, 0.2) is 0 Å². The van der Waals surface area contributed by atoms with Crippen molar-refractivity contribution >= 4 is 0 Å². The standard InChI is InChI=1S/C14H27NO/c1-3-12-4-7-14(16,8-5-12)13-10-11(2)6-9-15-13/h11-13,15-16H,3-10H2,1-2H3. The van der Waals surface area contributed by atoms with Crippen LogP contribution < -0.4 is 5.32 Å². The average molecular weight is 225 g/mol. The monoisotopic (exact) mass is 225 g/mol. The smallest absolute Gasteiger partial charge is 0.0800 e. The molecule has 2 fully saturated rings. The number of hydrogen-bond acceptors (Lipinski definition) is 2. The van der Waals surface area contributed by atoms with Crippen molar-refractivity contribution in [2.75, 3.05) is 6.54 Å². The number of hydrogen-bond donors (Lipinski definition) is 2. The molecule has 0 radical (unpaired) electrons. The maximum Gasteiger partial charge on any atom is 0.0800 e. The topological polar surface area (TPSA) is 32.3 Å². The van der Waals surface area contributed by atoms with Gasteiger partial charge in [0.25, 0.3) is 0 Å². The summed E-state index contributed by atoms with van der Waals surface area (Å²) in [4.78, 5) is 0. The summed E-state index contributed by atoms with van der Waals surface area (Å²) in [5.41, 5.74) is -0.402. The largest absolute Gasteiger partial charge is 0.388 e. The van der Waals surface area contributed by atoms with Gasteiger partial charge >= 0.3 is 0 Å². The van der Waals surface area contributed by atoms with Crippen molar-refractivity contribution in [3.63, 3.8) is 0 Å². The highest BCUT2D eigenvalue weighted by molar-refractivity contribution is 4.97. The van der Waals surface area contributed by atoms with Crippen LogP contribution >= 0.6 is 0 Å². The van der Waals surface area contributed by atoms with Crippen LogP contribution in [0.2, 0.25) is 0 Å². The first-order chi connectivity index (χ1) is 7.64. The molecule has 1 saturated heterocycles. The van der Waals surface area contributed by atoms with E-state index in [1.165, 1.54) is 25.7 Å². The van der Waals surface area contributed by atoms with Gasteiger partial charge in [-0.2, -0.15) is 0 Å². The average Bonchev–Trinajstić information content (AvgIpc) is 2.30. The van der Waals surface area contributed by atoms with Crippen LogP contribution in [0.3, 0.4) is 0 Å². The molecule has 0 aromatic rings. The molecule has 0 bridgehead atoms. The summed E-state index contributed by atoms with van der Waals surface area (Å²) in [5, 5.41) is 14.3. The van der Waals surface area contributed by atoms with Gasteiger partial charge in [0.2, 0.25) is 0 Å². The normalized spacial score (nSPS) is 45.6. The second kappa shape index (κ2) is 5.05. The molecule has 0 aromatic carbocycles. The maximum absolute atomic E-state index is 10.8. The molecule has 94 valence electrons. The van der Waals surface area contributed by atoms with Crippen LogP contribution in [0.25, 0.3) is 0 Å². The van der Waals surface area contributed by atoms with Crippen molar-refractivity contribution in [3.05, 3.63) is 0 Å². The lowest BCUT2D eigenvalue weighted by Gasteiger charge is -2.44. The van der Waals surface area contributed by atoms with Gasteiger partial charge in [0.1, 0.15) is 0 Å². The van der Waals surface area contributed by atoms with Crippen molar-refractivity contribution < 1.29 is 5.11 Å². The minimum absolute atomic E-state index is 0.356. The molecule has 1 aliphatic heterocycles. The van der Waals surface area contributed by atoms with Crippen LogP contribution in [0.4, 0.5) is 0 Å². The Morgan fingerprint density at radius 2 is 1.94 bits per heavy atom. The van der Waals surface area contributed by atoms with Gasteiger partial charge in [-0.05, 0) is 56.9 Å². The summed E-state index contributed by atoms with van der Waals surface area (Å²) in [5.74, 6) is 1.64. The van der Waals surface area contributed by atoms with Crippen LogP contribution in [0, 0.1) is 11.8 Å². The molecule has 2 nitrogen and oxygen atoms in total. The number of rotatable bonds is 2. The summed E-state index contributed by atoms with van der Waals surface area (Å²) in [6, 6.07) is 0.356. The van der Waals surface area contributed by atoms with Crippen molar-refractivity contribution in [3.8, 4) is 0 Å². The van der Waals surface area contributed by atoms with Crippen molar-refractivity contribution in [2.45, 2.75) is 70.4 Å². The minimum Gasteiger partial charge on any atom is -0.388 e. The highest BCUT2D eigenvalue weighted by Gasteiger charge is 2.41. The first-order valence-electron chi connectivity index (χ1n) is 7.10. The highest BCUT2D eigenvalue weighted by Crippen LogP contribution is 2.38. The maximum atomic E-state index is 10.8. The lowest BCUT2D eigenvalue weighted by atomic mass is 9.71. The third-order valence-corrected chi connectivity index (χ3v) is 4.86. The van der Waals surface area contributed by atoms with Crippen LogP contribution in [-0.2, 0) is 0 Å². The van der Waals surface area contributed by atoms with Crippen molar-refractivity contribution in [1.82, 2.24) is 5.32 Å². The molecule has 1 heterocycles. The van der Waals surface area contributed by atoms with Gasteiger partial charge in [-0.15, -0.1) is 0 Å². The summed E-state index contributed by atoms with van der Waals surface area (Å²) in [6.07, 6.45) is 8.17. The molecule has 2 unspecified atom stereocenters. The molecular weight excluding hydrogens is 198 g/mol. The number of nitrogens with one attached hydrogen (secondary N) is 1. The Labute approximate surface area is 99.8 Å². The summed E-state index contributed by atoms with van der Waals surface area (Å²) >= 11 is 0. The second-order valence-electron chi connectivity index (χ2n) is 6.09.